The summed E-state index contributed by atoms with van der Waals surface area (Å²) in [4.78, 5) is 16.7. The lowest BCUT2D eigenvalue weighted by Gasteiger charge is -2.48. The van der Waals surface area contributed by atoms with Crippen molar-refractivity contribution >= 4 is 5.78 Å². The number of likely N-dealkylation sites (tertiary alicyclic amines) is 1. The molecule has 1 aliphatic carbocycles. The van der Waals surface area contributed by atoms with Crippen molar-refractivity contribution in [3.8, 4) is 5.69 Å². The van der Waals surface area contributed by atoms with Crippen LogP contribution in [0.15, 0.2) is 35.8 Å². The van der Waals surface area contributed by atoms with Crippen LogP contribution in [0.1, 0.15) is 49.8 Å². The Morgan fingerprint density at radius 3 is 2.67 bits per heavy atom. The standard InChI is InChI=1S/C24H32N6O3/c1-17-13-19(30-16-25-26-27-30)3-4-20(17)23(32)14-28-9-7-24(8-10-28)15-29(11-12-33-24)21-5-6-22(31)18(21)2/h3-4,13,16,23,32H,5-12,14-15H2,1-2H3. The van der Waals surface area contributed by atoms with Crippen LogP contribution in [0.2, 0.25) is 0 Å². The minimum atomic E-state index is -0.553. The molecule has 1 aromatic carbocycles. The van der Waals surface area contributed by atoms with Crippen LogP contribution in [0, 0.1) is 6.92 Å². The predicted molar refractivity (Wildman–Crippen MR) is 122 cm³/mol. The molecule has 5 rings (SSSR count). The van der Waals surface area contributed by atoms with Crippen LogP contribution >= 0.6 is 0 Å². The van der Waals surface area contributed by atoms with Crippen molar-refractivity contribution in [2.45, 2.75) is 51.2 Å². The first-order valence-electron chi connectivity index (χ1n) is 11.8. The second-order valence-electron chi connectivity index (χ2n) is 9.56. The van der Waals surface area contributed by atoms with Crippen LogP contribution < -0.4 is 0 Å². The van der Waals surface area contributed by atoms with E-state index in [4.69, 9.17) is 4.74 Å². The van der Waals surface area contributed by atoms with E-state index in [1.54, 1.807) is 11.0 Å². The highest BCUT2D eigenvalue weighted by atomic mass is 16.5. The van der Waals surface area contributed by atoms with Gasteiger partial charge in [-0.15, -0.1) is 5.10 Å². The van der Waals surface area contributed by atoms with Gasteiger partial charge in [0.1, 0.15) is 6.33 Å². The minimum Gasteiger partial charge on any atom is -0.387 e. The molecule has 0 radical (unpaired) electrons. The summed E-state index contributed by atoms with van der Waals surface area (Å²) in [5, 5.41) is 22.2. The number of ketones is 1. The molecule has 33 heavy (non-hydrogen) atoms. The van der Waals surface area contributed by atoms with E-state index in [1.807, 2.05) is 32.0 Å². The minimum absolute atomic E-state index is 0.151. The number of allylic oxidation sites excluding steroid dienone is 2. The quantitative estimate of drug-likeness (QED) is 0.734. The number of aryl methyl sites for hydroxylation is 1. The van der Waals surface area contributed by atoms with E-state index in [0.29, 0.717) is 19.6 Å². The Morgan fingerprint density at radius 2 is 2.00 bits per heavy atom. The molecule has 1 N–H and O–H groups in total. The number of Topliss-reactive ketones (excluding diaryl/α,β-unsaturated/α-hetero) is 1. The number of carbonyl (C=O) groups excluding carboxylic acids is 1. The summed E-state index contributed by atoms with van der Waals surface area (Å²) in [6.45, 7) is 8.79. The number of hydrogen-bond donors (Lipinski definition) is 1. The first-order valence-corrected chi connectivity index (χ1v) is 11.8. The molecule has 2 saturated heterocycles. The van der Waals surface area contributed by atoms with Gasteiger partial charge in [0, 0.05) is 50.4 Å². The third kappa shape index (κ3) is 4.45. The Morgan fingerprint density at radius 1 is 1.18 bits per heavy atom. The van der Waals surface area contributed by atoms with Gasteiger partial charge >= 0.3 is 0 Å². The van der Waals surface area contributed by atoms with E-state index in [-0.39, 0.29) is 11.4 Å². The summed E-state index contributed by atoms with van der Waals surface area (Å²) in [5.41, 5.74) is 4.84. The number of aromatic nitrogens is 4. The molecular formula is C24H32N6O3. The third-order valence-electron chi connectivity index (χ3n) is 7.49. The number of tetrazole rings is 1. The fourth-order valence-corrected chi connectivity index (χ4v) is 5.48. The van der Waals surface area contributed by atoms with Gasteiger partial charge in [-0.05, 0) is 66.8 Å². The Bertz CT molecular complexity index is 1040. The maximum absolute atomic E-state index is 12.0. The normalized spacial score (nSPS) is 22.4. The summed E-state index contributed by atoms with van der Waals surface area (Å²) in [6, 6.07) is 5.89. The summed E-state index contributed by atoms with van der Waals surface area (Å²) in [5.74, 6) is 0.288. The van der Waals surface area contributed by atoms with Crippen LogP contribution in [0.25, 0.3) is 5.69 Å². The summed E-state index contributed by atoms with van der Waals surface area (Å²) in [7, 11) is 0. The van der Waals surface area contributed by atoms with Crippen molar-refractivity contribution in [1.29, 1.82) is 0 Å². The van der Waals surface area contributed by atoms with Gasteiger partial charge in [0.2, 0.25) is 0 Å². The topological polar surface area (TPSA) is 96.6 Å². The second-order valence-corrected chi connectivity index (χ2v) is 9.56. The molecule has 1 aromatic heterocycles. The van der Waals surface area contributed by atoms with Gasteiger partial charge < -0.3 is 19.6 Å². The fraction of sp³-hybridized carbons (Fsp3) is 0.583. The lowest BCUT2D eigenvalue weighted by atomic mass is 9.88. The Hall–Kier alpha value is -2.62. The smallest absolute Gasteiger partial charge is 0.160 e. The zero-order chi connectivity index (χ0) is 23.0. The van der Waals surface area contributed by atoms with E-state index in [0.717, 1.165) is 67.8 Å². The number of nitrogens with zero attached hydrogens (tertiary/aromatic N) is 6. The number of benzene rings is 1. The molecule has 0 saturated carbocycles. The second kappa shape index (κ2) is 8.96. The number of carbonyl (C=O) groups is 1. The van der Waals surface area contributed by atoms with Crippen molar-refractivity contribution in [2.24, 2.45) is 0 Å². The number of ether oxygens (including phenoxy) is 1. The van der Waals surface area contributed by atoms with Gasteiger partial charge in [-0.1, -0.05) is 6.07 Å². The molecule has 1 atom stereocenters. The van der Waals surface area contributed by atoms with E-state index in [9.17, 15) is 9.90 Å². The maximum Gasteiger partial charge on any atom is 0.160 e. The zero-order valence-electron chi connectivity index (χ0n) is 19.4. The molecule has 2 aliphatic heterocycles. The number of aliphatic hydroxyl groups excluding tert-OH is 1. The lowest BCUT2D eigenvalue weighted by molar-refractivity contribution is -0.131. The predicted octanol–water partition coefficient (Wildman–Crippen LogP) is 1.81. The average Bonchev–Trinajstić information content (AvgIpc) is 3.46. The Balaban J connectivity index is 1.19. The Labute approximate surface area is 194 Å². The molecule has 3 aliphatic rings. The first kappa shape index (κ1) is 22.2. The number of morpholine rings is 1. The average molecular weight is 453 g/mol. The van der Waals surface area contributed by atoms with Gasteiger partial charge in [-0.3, -0.25) is 4.79 Å². The molecule has 0 amide bonds. The van der Waals surface area contributed by atoms with Gasteiger partial charge in [-0.2, -0.15) is 0 Å². The van der Waals surface area contributed by atoms with E-state index in [2.05, 4.69) is 25.3 Å². The van der Waals surface area contributed by atoms with Crippen LogP contribution in [0.5, 0.6) is 0 Å². The molecule has 0 bridgehead atoms. The largest absolute Gasteiger partial charge is 0.387 e. The monoisotopic (exact) mass is 452 g/mol. The third-order valence-corrected chi connectivity index (χ3v) is 7.49. The summed E-state index contributed by atoms with van der Waals surface area (Å²) in [6.07, 6.45) is 4.40. The SMILES string of the molecule is CC1=C(N2CCOC3(CCN(CC(O)c4ccc(-n5cnnn5)cc4C)CC3)C2)CCC1=O. The number of hydrogen-bond acceptors (Lipinski definition) is 8. The highest BCUT2D eigenvalue weighted by molar-refractivity contribution is 5.97. The molecular weight excluding hydrogens is 420 g/mol. The summed E-state index contributed by atoms with van der Waals surface area (Å²) < 4.78 is 7.92. The van der Waals surface area contributed by atoms with E-state index in [1.165, 1.54) is 5.70 Å². The van der Waals surface area contributed by atoms with Crippen LogP contribution in [-0.4, -0.2) is 85.8 Å². The van der Waals surface area contributed by atoms with Crippen LogP contribution in [0.3, 0.4) is 0 Å². The molecule has 1 spiro atoms. The number of rotatable bonds is 5. The molecule has 176 valence electrons. The molecule has 1 unspecified atom stereocenters. The van der Waals surface area contributed by atoms with Crippen molar-refractivity contribution in [1.82, 2.24) is 30.0 Å². The highest BCUT2D eigenvalue weighted by Gasteiger charge is 2.41. The Kier molecular flexibility index (Phi) is 6.03. The number of piperidine rings is 1. The van der Waals surface area contributed by atoms with Gasteiger partial charge in [0.05, 0.1) is 24.0 Å². The highest BCUT2D eigenvalue weighted by Crippen LogP contribution is 2.35. The molecule has 2 aromatic rings. The van der Waals surface area contributed by atoms with Crippen LogP contribution in [-0.2, 0) is 9.53 Å². The lowest BCUT2D eigenvalue weighted by Crippen LogP contribution is -2.56. The van der Waals surface area contributed by atoms with Crippen molar-refractivity contribution in [3.63, 3.8) is 0 Å². The fourth-order valence-electron chi connectivity index (χ4n) is 5.48. The van der Waals surface area contributed by atoms with Crippen molar-refractivity contribution in [3.05, 3.63) is 46.9 Å². The molecule has 9 heteroatoms. The van der Waals surface area contributed by atoms with Crippen molar-refractivity contribution < 1.29 is 14.6 Å². The van der Waals surface area contributed by atoms with Gasteiger partial charge in [0.25, 0.3) is 0 Å². The molecule has 3 heterocycles. The van der Waals surface area contributed by atoms with E-state index < -0.39 is 6.10 Å². The van der Waals surface area contributed by atoms with Crippen molar-refractivity contribution in [2.75, 3.05) is 39.3 Å². The zero-order valence-corrected chi connectivity index (χ0v) is 19.4. The van der Waals surface area contributed by atoms with Crippen LogP contribution in [0.4, 0.5) is 0 Å². The van der Waals surface area contributed by atoms with Gasteiger partial charge in [0.15, 0.2) is 5.78 Å². The number of β-amino-alcohol motifs (C(OH)–C–C–N with tert-alkyl or cyclic N) is 1. The summed E-state index contributed by atoms with van der Waals surface area (Å²) >= 11 is 0. The maximum atomic E-state index is 12.0. The van der Waals surface area contributed by atoms with E-state index >= 15 is 0 Å². The molecule has 2 fully saturated rings. The number of aliphatic hydroxyl groups is 1. The first-order chi connectivity index (χ1) is 15.9. The van der Waals surface area contributed by atoms with Gasteiger partial charge in [-0.25, -0.2) is 4.68 Å². The molecule has 9 nitrogen and oxygen atoms in total.